The van der Waals surface area contributed by atoms with Gasteiger partial charge in [-0.3, -0.25) is 0 Å². The Morgan fingerprint density at radius 2 is 1.96 bits per heavy atom. The average molecular weight is 330 g/mol. The molecule has 1 aromatic carbocycles. The van der Waals surface area contributed by atoms with Crippen molar-refractivity contribution in [1.82, 2.24) is 0 Å². The Hall–Kier alpha value is -1.61. The second kappa shape index (κ2) is 10.3. The molecule has 1 fully saturated rings. The predicted molar refractivity (Wildman–Crippen MR) is 96.9 cm³/mol. The first-order chi connectivity index (χ1) is 11.7. The van der Waals surface area contributed by atoms with Crippen LogP contribution in [-0.4, -0.2) is 23.3 Å². The summed E-state index contributed by atoms with van der Waals surface area (Å²) in [5, 5.41) is 9.32. The summed E-state index contributed by atoms with van der Waals surface area (Å²) in [6.45, 7) is 1.82. The number of aliphatic hydroxyl groups excluding tert-OH is 1. The van der Waals surface area contributed by atoms with Crippen LogP contribution in [0.4, 0.5) is 0 Å². The van der Waals surface area contributed by atoms with Gasteiger partial charge in [0.2, 0.25) is 0 Å². The van der Waals surface area contributed by atoms with Crippen LogP contribution < -0.4 is 0 Å². The van der Waals surface area contributed by atoms with Crippen molar-refractivity contribution >= 4 is 5.97 Å². The fraction of sp³-hybridized carbons (Fsp3) is 0.571. The van der Waals surface area contributed by atoms with Crippen LogP contribution in [-0.2, 0) is 4.74 Å². The molecular formula is C21H30O3. The van der Waals surface area contributed by atoms with E-state index in [4.69, 9.17) is 4.74 Å². The number of hydrogen-bond acceptors (Lipinski definition) is 3. The molecule has 2 rings (SSSR count). The highest BCUT2D eigenvalue weighted by atomic mass is 16.5. The van der Waals surface area contributed by atoms with E-state index < -0.39 is 0 Å². The highest BCUT2D eigenvalue weighted by molar-refractivity contribution is 5.89. The Morgan fingerprint density at radius 1 is 1.25 bits per heavy atom. The van der Waals surface area contributed by atoms with Crippen LogP contribution in [0, 0.1) is 5.92 Å². The fourth-order valence-electron chi connectivity index (χ4n) is 3.28. The van der Waals surface area contributed by atoms with Crippen LogP contribution >= 0.6 is 0 Å². The van der Waals surface area contributed by atoms with Gasteiger partial charge in [-0.1, -0.05) is 43.5 Å². The summed E-state index contributed by atoms with van der Waals surface area (Å²) in [6.07, 6.45) is 12.5. The molecule has 0 amide bonds. The number of rotatable bonds is 8. The Bertz CT molecular complexity index is 501. The van der Waals surface area contributed by atoms with Gasteiger partial charge in [-0.25, -0.2) is 4.79 Å². The number of carbonyl (C=O) groups excluding carboxylic acids is 1. The lowest BCUT2D eigenvalue weighted by Crippen LogP contribution is -2.27. The third-order valence-corrected chi connectivity index (χ3v) is 4.69. The molecule has 3 heteroatoms. The maximum atomic E-state index is 12.4. The van der Waals surface area contributed by atoms with Crippen LogP contribution in [0.5, 0.6) is 0 Å². The Balaban J connectivity index is 1.94. The smallest absolute Gasteiger partial charge is 0.338 e. The van der Waals surface area contributed by atoms with Gasteiger partial charge in [0.15, 0.2) is 0 Å². The second-order valence-electron chi connectivity index (χ2n) is 6.84. The van der Waals surface area contributed by atoms with E-state index in [1.807, 2.05) is 25.1 Å². The number of hydrogen-bond donors (Lipinski definition) is 1. The van der Waals surface area contributed by atoms with E-state index in [0.717, 1.165) is 32.1 Å². The molecule has 1 N–H and O–H groups in total. The van der Waals surface area contributed by atoms with E-state index in [2.05, 4.69) is 12.2 Å². The maximum Gasteiger partial charge on any atom is 0.338 e. The molecule has 2 atom stereocenters. The first kappa shape index (κ1) is 18.7. The number of ether oxygens (including phenoxy) is 1. The minimum absolute atomic E-state index is 0.135. The molecule has 3 nitrogen and oxygen atoms in total. The number of benzene rings is 1. The quantitative estimate of drug-likeness (QED) is 0.419. The van der Waals surface area contributed by atoms with Crippen molar-refractivity contribution in [2.75, 3.05) is 0 Å². The van der Waals surface area contributed by atoms with Crippen molar-refractivity contribution in [2.24, 2.45) is 5.92 Å². The van der Waals surface area contributed by atoms with Gasteiger partial charge in [-0.05, 0) is 63.2 Å². The van der Waals surface area contributed by atoms with Gasteiger partial charge in [0.05, 0.1) is 11.7 Å². The number of allylic oxidation sites excluding steroid dienone is 1. The molecule has 1 saturated carbocycles. The van der Waals surface area contributed by atoms with Crippen molar-refractivity contribution in [1.29, 1.82) is 0 Å². The summed E-state index contributed by atoms with van der Waals surface area (Å²) in [5.41, 5.74) is 0.612. The fourth-order valence-corrected chi connectivity index (χ4v) is 3.28. The summed E-state index contributed by atoms with van der Waals surface area (Å²) < 4.78 is 5.83. The zero-order valence-corrected chi connectivity index (χ0v) is 14.7. The third-order valence-electron chi connectivity index (χ3n) is 4.69. The summed E-state index contributed by atoms with van der Waals surface area (Å²) in [6, 6.07) is 9.22. The molecule has 1 aromatic rings. The summed E-state index contributed by atoms with van der Waals surface area (Å²) in [5.74, 6) is 0.194. The molecule has 0 spiro atoms. The zero-order valence-electron chi connectivity index (χ0n) is 14.7. The second-order valence-corrected chi connectivity index (χ2v) is 6.84. The number of unbranched alkanes of at least 4 members (excludes halogenated alkanes) is 1. The molecule has 132 valence electrons. The molecule has 0 unspecified atom stereocenters. The standard InChI is InChI=1S/C21H30O3/c1-17(22)11-5-2-10-16-20(18-12-6-3-7-13-18)24-21(23)19-14-8-4-9-15-19/h4,8-10,14-18,20,22H,2-3,5-7,11-13H2,1H3/b16-10+/t17-,20-/m0/s1. The highest BCUT2D eigenvalue weighted by Crippen LogP contribution is 2.29. The Labute approximate surface area is 145 Å². The van der Waals surface area contributed by atoms with E-state index in [9.17, 15) is 9.90 Å². The first-order valence-corrected chi connectivity index (χ1v) is 9.27. The Morgan fingerprint density at radius 3 is 2.62 bits per heavy atom. The van der Waals surface area contributed by atoms with Crippen molar-refractivity contribution < 1.29 is 14.6 Å². The number of aliphatic hydroxyl groups is 1. The number of carbonyl (C=O) groups is 1. The lowest BCUT2D eigenvalue weighted by atomic mass is 9.85. The van der Waals surface area contributed by atoms with Gasteiger partial charge >= 0.3 is 5.97 Å². The molecule has 24 heavy (non-hydrogen) atoms. The van der Waals surface area contributed by atoms with Crippen molar-refractivity contribution in [3.63, 3.8) is 0 Å². The predicted octanol–water partition coefficient (Wildman–Crippen LogP) is 4.90. The van der Waals surface area contributed by atoms with Gasteiger partial charge in [0.25, 0.3) is 0 Å². The molecule has 0 heterocycles. The SMILES string of the molecule is C[C@H](O)CCC/C=C/[C@H](OC(=O)c1ccccc1)C1CCCCC1. The molecule has 0 aliphatic heterocycles. The van der Waals surface area contributed by atoms with Gasteiger partial charge in [-0.15, -0.1) is 0 Å². The topological polar surface area (TPSA) is 46.5 Å². The first-order valence-electron chi connectivity index (χ1n) is 9.27. The summed E-state index contributed by atoms with van der Waals surface area (Å²) in [7, 11) is 0. The van der Waals surface area contributed by atoms with Crippen LogP contribution in [0.25, 0.3) is 0 Å². The summed E-state index contributed by atoms with van der Waals surface area (Å²) in [4.78, 5) is 12.4. The molecule has 0 saturated heterocycles. The van der Waals surface area contributed by atoms with Crippen molar-refractivity contribution in [3.8, 4) is 0 Å². The molecule has 0 radical (unpaired) electrons. The minimum Gasteiger partial charge on any atom is -0.454 e. The van der Waals surface area contributed by atoms with Gasteiger partial charge in [0.1, 0.15) is 6.10 Å². The van der Waals surface area contributed by atoms with E-state index in [1.165, 1.54) is 19.3 Å². The van der Waals surface area contributed by atoms with Gasteiger partial charge in [-0.2, -0.15) is 0 Å². The Kier molecular flexibility index (Phi) is 8.03. The third kappa shape index (κ3) is 6.48. The van der Waals surface area contributed by atoms with Crippen molar-refractivity contribution in [2.45, 2.75) is 70.5 Å². The van der Waals surface area contributed by atoms with E-state index >= 15 is 0 Å². The van der Waals surface area contributed by atoms with Gasteiger partial charge < -0.3 is 9.84 Å². The maximum absolute atomic E-state index is 12.4. The highest BCUT2D eigenvalue weighted by Gasteiger charge is 2.25. The zero-order chi connectivity index (χ0) is 17.2. The van der Waals surface area contributed by atoms with E-state index in [-0.39, 0.29) is 18.2 Å². The van der Waals surface area contributed by atoms with E-state index in [1.54, 1.807) is 12.1 Å². The lowest BCUT2D eigenvalue weighted by Gasteiger charge is -2.28. The average Bonchev–Trinajstić information content (AvgIpc) is 2.61. The van der Waals surface area contributed by atoms with Crippen LogP contribution in [0.1, 0.15) is 68.6 Å². The largest absolute Gasteiger partial charge is 0.454 e. The molecular weight excluding hydrogens is 300 g/mol. The van der Waals surface area contributed by atoms with Crippen LogP contribution in [0.3, 0.4) is 0 Å². The molecule has 0 aromatic heterocycles. The monoisotopic (exact) mass is 330 g/mol. The number of esters is 1. The summed E-state index contributed by atoms with van der Waals surface area (Å²) >= 11 is 0. The van der Waals surface area contributed by atoms with Crippen LogP contribution in [0.2, 0.25) is 0 Å². The van der Waals surface area contributed by atoms with Gasteiger partial charge in [0, 0.05) is 0 Å². The molecule has 1 aliphatic carbocycles. The minimum atomic E-state index is -0.247. The van der Waals surface area contributed by atoms with Crippen LogP contribution in [0.15, 0.2) is 42.5 Å². The van der Waals surface area contributed by atoms with E-state index in [0.29, 0.717) is 11.5 Å². The molecule has 0 bridgehead atoms. The lowest BCUT2D eigenvalue weighted by molar-refractivity contribution is 0.0226. The van der Waals surface area contributed by atoms with Crippen molar-refractivity contribution in [3.05, 3.63) is 48.0 Å². The normalized spacial score (nSPS) is 18.4. The molecule has 1 aliphatic rings.